The average molecular weight is 306 g/mol. The quantitative estimate of drug-likeness (QED) is 0.789. The Morgan fingerprint density at radius 1 is 1.44 bits per heavy atom. The van der Waals surface area contributed by atoms with Crippen molar-refractivity contribution in [2.45, 2.75) is 12.3 Å². The minimum absolute atomic E-state index is 0.314. The van der Waals surface area contributed by atoms with E-state index < -0.39 is 0 Å². The van der Waals surface area contributed by atoms with Crippen LogP contribution in [0, 0.1) is 5.82 Å². The van der Waals surface area contributed by atoms with Gasteiger partial charge in [0.15, 0.2) is 0 Å². The van der Waals surface area contributed by atoms with Crippen molar-refractivity contribution in [2.24, 2.45) is 0 Å². The zero-order valence-corrected chi connectivity index (χ0v) is 10.6. The second-order valence-corrected chi connectivity index (χ2v) is 4.69. The van der Waals surface area contributed by atoms with Gasteiger partial charge in [0.25, 0.3) is 0 Å². The summed E-state index contributed by atoms with van der Waals surface area (Å²) in [5.41, 5.74) is 0.637. The van der Waals surface area contributed by atoms with Crippen LogP contribution in [0.15, 0.2) is 27.1 Å². The number of benzene rings is 1. The van der Waals surface area contributed by atoms with E-state index in [4.69, 9.17) is 16.0 Å². The van der Waals surface area contributed by atoms with E-state index in [2.05, 4.69) is 26.1 Å². The number of hydrogen-bond donors (Lipinski definition) is 0. The van der Waals surface area contributed by atoms with Crippen LogP contribution in [0.5, 0.6) is 0 Å². The van der Waals surface area contributed by atoms with Crippen molar-refractivity contribution >= 4 is 27.5 Å². The predicted octanol–water partition coefficient (Wildman–Crippen LogP) is 3.94. The van der Waals surface area contributed by atoms with E-state index in [0.29, 0.717) is 21.8 Å². The summed E-state index contributed by atoms with van der Waals surface area (Å²) in [4.78, 5) is 0. The third-order valence-corrected chi connectivity index (χ3v) is 2.79. The lowest BCUT2D eigenvalue weighted by Crippen LogP contribution is -1.82. The number of nitrogens with zero attached hydrogens (tertiary/aromatic N) is 2. The summed E-state index contributed by atoms with van der Waals surface area (Å²) < 4.78 is 18.8. The Labute approximate surface area is 105 Å². The van der Waals surface area contributed by atoms with Crippen LogP contribution in [0.1, 0.15) is 18.2 Å². The largest absolute Gasteiger partial charge is 0.419 e. The molecule has 84 valence electrons. The number of aromatic nitrogens is 2. The zero-order valence-electron chi connectivity index (χ0n) is 8.25. The van der Waals surface area contributed by atoms with E-state index in [1.54, 1.807) is 13.0 Å². The van der Waals surface area contributed by atoms with Crippen molar-refractivity contribution in [3.05, 3.63) is 34.4 Å². The van der Waals surface area contributed by atoms with Crippen LogP contribution in [0.2, 0.25) is 0 Å². The fourth-order valence-electron chi connectivity index (χ4n) is 1.17. The Hall–Kier alpha value is -0.940. The van der Waals surface area contributed by atoms with Crippen LogP contribution >= 0.6 is 27.5 Å². The normalized spacial score (nSPS) is 12.8. The summed E-state index contributed by atoms with van der Waals surface area (Å²) in [6.45, 7) is 1.73. The molecule has 1 aromatic heterocycles. The van der Waals surface area contributed by atoms with Crippen LogP contribution in [0.25, 0.3) is 11.5 Å². The lowest BCUT2D eigenvalue weighted by Gasteiger charge is -1.98. The molecule has 1 atom stereocenters. The molecule has 0 fully saturated rings. The Balaban J connectivity index is 2.42. The van der Waals surface area contributed by atoms with Crippen molar-refractivity contribution in [2.75, 3.05) is 0 Å². The highest BCUT2D eigenvalue weighted by Gasteiger charge is 2.14. The monoisotopic (exact) mass is 304 g/mol. The van der Waals surface area contributed by atoms with E-state index in [0.717, 1.165) is 0 Å². The highest BCUT2D eigenvalue weighted by Crippen LogP contribution is 2.29. The fraction of sp³-hybridized carbons (Fsp3) is 0.200. The van der Waals surface area contributed by atoms with Gasteiger partial charge in [-0.05, 0) is 41.1 Å². The molecule has 0 saturated heterocycles. The minimum atomic E-state index is -0.347. The van der Waals surface area contributed by atoms with Crippen LogP contribution in [0.4, 0.5) is 4.39 Å². The van der Waals surface area contributed by atoms with E-state index >= 15 is 0 Å². The lowest BCUT2D eigenvalue weighted by molar-refractivity contribution is 0.507. The maximum atomic E-state index is 12.9. The van der Waals surface area contributed by atoms with E-state index in [9.17, 15) is 4.39 Å². The van der Waals surface area contributed by atoms with Crippen molar-refractivity contribution < 1.29 is 8.81 Å². The first-order valence-corrected chi connectivity index (χ1v) is 5.74. The summed E-state index contributed by atoms with van der Waals surface area (Å²) in [5, 5.41) is 7.29. The molecule has 1 unspecified atom stereocenters. The average Bonchev–Trinajstić information content (AvgIpc) is 2.66. The summed E-state index contributed by atoms with van der Waals surface area (Å²) in [7, 11) is 0. The zero-order chi connectivity index (χ0) is 11.7. The molecule has 0 amide bonds. The Bertz CT molecular complexity index is 515. The number of alkyl halides is 1. The first kappa shape index (κ1) is 11.5. The van der Waals surface area contributed by atoms with Gasteiger partial charge in [0.05, 0.1) is 5.56 Å². The predicted molar refractivity (Wildman–Crippen MR) is 61.7 cm³/mol. The van der Waals surface area contributed by atoms with Crippen LogP contribution in [-0.4, -0.2) is 10.2 Å². The minimum Gasteiger partial charge on any atom is -0.419 e. The number of hydrogen-bond acceptors (Lipinski definition) is 3. The molecular formula is C10H7BrClFN2O. The van der Waals surface area contributed by atoms with Gasteiger partial charge in [-0.1, -0.05) is 0 Å². The molecule has 0 radical (unpaired) electrons. The molecule has 3 nitrogen and oxygen atoms in total. The Morgan fingerprint density at radius 2 is 2.19 bits per heavy atom. The van der Waals surface area contributed by atoms with Gasteiger partial charge >= 0.3 is 0 Å². The van der Waals surface area contributed by atoms with Crippen molar-refractivity contribution in [1.82, 2.24) is 10.2 Å². The number of rotatable bonds is 2. The number of halogens is 3. The summed E-state index contributed by atoms with van der Waals surface area (Å²) in [6, 6.07) is 4.23. The van der Waals surface area contributed by atoms with Crippen LogP contribution in [0.3, 0.4) is 0 Å². The third-order valence-electron chi connectivity index (χ3n) is 1.94. The topological polar surface area (TPSA) is 38.9 Å². The van der Waals surface area contributed by atoms with Gasteiger partial charge in [0, 0.05) is 4.47 Å². The first-order chi connectivity index (χ1) is 7.58. The van der Waals surface area contributed by atoms with Gasteiger partial charge in [-0.15, -0.1) is 21.8 Å². The maximum Gasteiger partial charge on any atom is 0.248 e. The smallest absolute Gasteiger partial charge is 0.248 e. The van der Waals surface area contributed by atoms with Crippen molar-refractivity contribution in [3.63, 3.8) is 0 Å². The van der Waals surface area contributed by atoms with Gasteiger partial charge < -0.3 is 4.42 Å². The van der Waals surface area contributed by atoms with Gasteiger partial charge in [-0.25, -0.2) is 4.39 Å². The van der Waals surface area contributed by atoms with E-state index in [-0.39, 0.29) is 11.2 Å². The second-order valence-electron chi connectivity index (χ2n) is 3.19. The molecule has 1 heterocycles. The summed E-state index contributed by atoms with van der Waals surface area (Å²) in [5.74, 6) is 0.323. The van der Waals surface area contributed by atoms with Crippen molar-refractivity contribution in [3.8, 4) is 11.5 Å². The lowest BCUT2D eigenvalue weighted by atomic mass is 10.2. The third kappa shape index (κ3) is 2.25. The Kier molecular flexibility index (Phi) is 3.25. The molecule has 0 bridgehead atoms. The highest BCUT2D eigenvalue weighted by molar-refractivity contribution is 9.10. The molecule has 2 rings (SSSR count). The molecule has 16 heavy (non-hydrogen) atoms. The fourth-order valence-corrected chi connectivity index (χ4v) is 1.78. The maximum absolute atomic E-state index is 12.9. The van der Waals surface area contributed by atoms with E-state index in [1.165, 1.54) is 12.1 Å². The van der Waals surface area contributed by atoms with Crippen molar-refractivity contribution in [1.29, 1.82) is 0 Å². The van der Waals surface area contributed by atoms with Crippen LogP contribution in [-0.2, 0) is 0 Å². The first-order valence-electron chi connectivity index (χ1n) is 4.51. The molecule has 0 aliphatic heterocycles. The molecule has 0 N–H and O–H groups in total. The summed E-state index contributed by atoms with van der Waals surface area (Å²) in [6.07, 6.45) is 0. The van der Waals surface area contributed by atoms with Crippen LogP contribution < -0.4 is 0 Å². The second kappa shape index (κ2) is 4.51. The molecule has 0 spiro atoms. The molecule has 2 aromatic rings. The van der Waals surface area contributed by atoms with Gasteiger partial charge in [0.1, 0.15) is 11.2 Å². The molecular weight excluding hydrogens is 298 g/mol. The van der Waals surface area contributed by atoms with E-state index in [1.807, 2.05) is 0 Å². The summed E-state index contributed by atoms with van der Waals surface area (Å²) >= 11 is 9.03. The van der Waals surface area contributed by atoms with Gasteiger partial charge in [-0.2, -0.15) is 0 Å². The Morgan fingerprint density at radius 3 is 2.75 bits per heavy atom. The molecule has 0 saturated carbocycles. The molecule has 0 aliphatic carbocycles. The molecule has 6 heteroatoms. The van der Waals surface area contributed by atoms with Gasteiger partial charge in [-0.3, -0.25) is 0 Å². The van der Waals surface area contributed by atoms with Gasteiger partial charge in [0.2, 0.25) is 11.8 Å². The highest BCUT2D eigenvalue weighted by atomic mass is 79.9. The molecule has 1 aromatic carbocycles. The molecule has 0 aliphatic rings. The standard InChI is InChI=1S/C10H7BrClFN2O/c1-5(12)9-14-15-10(16-9)7-3-2-6(13)4-8(7)11/h2-5H,1H3. The SMILES string of the molecule is CC(Cl)c1nnc(-c2ccc(F)cc2Br)o1.